The van der Waals surface area contributed by atoms with E-state index in [1.54, 1.807) is 0 Å². The quantitative estimate of drug-likeness (QED) is 0.129. The highest BCUT2D eigenvalue weighted by atomic mass is 16.5. The molecule has 0 N–H and O–H groups in total. The van der Waals surface area contributed by atoms with Crippen molar-refractivity contribution >= 4 is 0 Å². The SMILES string of the molecule is [CH2]CCCCOCC1COC(COCCCCCCCCCCCCCCCCCC)C1. The molecule has 1 fully saturated rings. The minimum Gasteiger partial charge on any atom is -0.381 e. The zero-order valence-electron chi connectivity index (χ0n) is 21.8. The Hall–Kier alpha value is -0.120. The summed E-state index contributed by atoms with van der Waals surface area (Å²) in [6, 6.07) is 0. The molecule has 1 saturated heterocycles. The van der Waals surface area contributed by atoms with Gasteiger partial charge in [-0.05, 0) is 19.3 Å². The molecule has 1 aliphatic heterocycles. The van der Waals surface area contributed by atoms with Gasteiger partial charge in [0, 0.05) is 19.1 Å². The van der Waals surface area contributed by atoms with Gasteiger partial charge in [-0.1, -0.05) is 123 Å². The van der Waals surface area contributed by atoms with Crippen molar-refractivity contribution in [1.29, 1.82) is 0 Å². The van der Waals surface area contributed by atoms with Crippen molar-refractivity contribution in [2.75, 3.05) is 33.0 Å². The lowest BCUT2D eigenvalue weighted by Gasteiger charge is -2.11. The molecule has 0 amide bonds. The summed E-state index contributed by atoms with van der Waals surface area (Å²) >= 11 is 0. The summed E-state index contributed by atoms with van der Waals surface area (Å²) in [6.45, 7) is 10.4. The van der Waals surface area contributed by atoms with Crippen LogP contribution >= 0.6 is 0 Å². The number of rotatable bonds is 25. The second-order valence-corrected chi connectivity index (χ2v) is 10.1. The van der Waals surface area contributed by atoms with E-state index in [9.17, 15) is 0 Å². The van der Waals surface area contributed by atoms with Gasteiger partial charge in [0.25, 0.3) is 0 Å². The van der Waals surface area contributed by atoms with Gasteiger partial charge in [0.15, 0.2) is 0 Å². The molecular weight excluding hydrogens is 396 g/mol. The largest absolute Gasteiger partial charge is 0.381 e. The van der Waals surface area contributed by atoms with Gasteiger partial charge in [0.05, 0.1) is 25.9 Å². The molecule has 1 radical (unpaired) electrons. The van der Waals surface area contributed by atoms with Crippen molar-refractivity contribution in [2.24, 2.45) is 5.92 Å². The molecule has 0 saturated carbocycles. The van der Waals surface area contributed by atoms with Gasteiger partial charge in [0.2, 0.25) is 0 Å². The van der Waals surface area contributed by atoms with E-state index in [1.807, 2.05) is 0 Å². The lowest BCUT2D eigenvalue weighted by molar-refractivity contribution is 0.0141. The first kappa shape index (κ1) is 29.9. The summed E-state index contributed by atoms with van der Waals surface area (Å²) < 4.78 is 17.5. The first-order valence-electron chi connectivity index (χ1n) is 14.4. The van der Waals surface area contributed by atoms with Crippen LogP contribution in [0.4, 0.5) is 0 Å². The zero-order chi connectivity index (χ0) is 23.0. The fourth-order valence-corrected chi connectivity index (χ4v) is 4.61. The van der Waals surface area contributed by atoms with E-state index in [4.69, 9.17) is 14.2 Å². The molecule has 2 unspecified atom stereocenters. The Morgan fingerprint density at radius 3 is 1.62 bits per heavy atom. The minimum absolute atomic E-state index is 0.282. The molecule has 1 rings (SSSR count). The van der Waals surface area contributed by atoms with E-state index < -0.39 is 0 Å². The lowest BCUT2D eigenvalue weighted by Crippen LogP contribution is -2.15. The van der Waals surface area contributed by atoms with Crippen molar-refractivity contribution in [3.8, 4) is 0 Å². The van der Waals surface area contributed by atoms with Gasteiger partial charge in [-0.25, -0.2) is 0 Å². The molecule has 0 aliphatic carbocycles. The summed E-state index contributed by atoms with van der Waals surface area (Å²) in [5.41, 5.74) is 0. The minimum atomic E-state index is 0.282. The van der Waals surface area contributed by atoms with E-state index in [0.717, 1.165) is 58.7 Å². The highest BCUT2D eigenvalue weighted by Crippen LogP contribution is 2.20. The molecule has 1 aliphatic rings. The second-order valence-electron chi connectivity index (χ2n) is 10.1. The molecule has 0 aromatic heterocycles. The first-order valence-corrected chi connectivity index (χ1v) is 14.4. The first-order chi connectivity index (χ1) is 15.9. The topological polar surface area (TPSA) is 27.7 Å². The molecule has 0 aromatic carbocycles. The van der Waals surface area contributed by atoms with Crippen LogP contribution in [-0.2, 0) is 14.2 Å². The molecule has 2 atom stereocenters. The number of hydrogen-bond acceptors (Lipinski definition) is 3. The van der Waals surface area contributed by atoms with Crippen LogP contribution < -0.4 is 0 Å². The molecule has 1 heterocycles. The number of hydrogen-bond donors (Lipinski definition) is 0. The molecule has 0 spiro atoms. The van der Waals surface area contributed by atoms with Crippen LogP contribution in [0.3, 0.4) is 0 Å². The Labute approximate surface area is 201 Å². The van der Waals surface area contributed by atoms with Gasteiger partial charge < -0.3 is 14.2 Å². The maximum Gasteiger partial charge on any atom is 0.0813 e. The third-order valence-electron chi connectivity index (χ3n) is 6.75. The van der Waals surface area contributed by atoms with Crippen LogP contribution in [0.1, 0.15) is 135 Å². The average molecular weight is 454 g/mol. The van der Waals surface area contributed by atoms with Crippen LogP contribution in [0.25, 0.3) is 0 Å². The molecular formula is C29H57O3. The average Bonchev–Trinajstić information content (AvgIpc) is 3.25. The van der Waals surface area contributed by atoms with Crippen LogP contribution in [0, 0.1) is 12.8 Å². The Balaban J connectivity index is 1.72. The fraction of sp³-hybridized carbons (Fsp3) is 0.966. The second kappa shape index (κ2) is 24.0. The van der Waals surface area contributed by atoms with Crippen molar-refractivity contribution in [3.05, 3.63) is 6.92 Å². The molecule has 0 bridgehead atoms. The van der Waals surface area contributed by atoms with Crippen molar-refractivity contribution in [1.82, 2.24) is 0 Å². The van der Waals surface area contributed by atoms with Gasteiger partial charge in [-0.15, -0.1) is 0 Å². The summed E-state index contributed by atoms with van der Waals surface area (Å²) in [4.78, 5) is 0. The monoisotopic (exact) mass is 453 g/mol. The summed E-state index contributed by atoms with van der Waals surface area (Å²) in [6.07, 6.45) is 27.3. The summed E-state index contributed by atoms with van der Waals surface area (Å²) in [5, 5.41) is 0. The predicted octanol–water partition coefficient (Wildman–Crippen LogP) is 8.69. The van der Waals surface area contributed by atoms with Gasteiger partial charge in [-0.3, -0.25) is 0 Å². The third kappa shape index (κ3) is 19.4. The Morgan fingerprint density at radius 2 is 1.09 bits per heavy atom. The van der Waals surface area contributed by atoms with E-state index in [1.165, 1.54) is 103 Å². The van der Waals surface area contributed by atoms with Crippen LogP contribution in [0.15, 0.2) is 0 Å². The smallest absolute Gasteiger partial charge is 0.0813 e. The summed E-state index contributed by atoms with van der Waals surface area (Å²) in [5.74, 6) is 0.555. The highest BCUT2D eigenvalue weighted by molar-refractivity contribution is 4.73. The Morgan fingerprint density at radius 1 is 0.625 bits per heavy atom. The van der Waals surface area contributed by atoms with Crippen LogP contribution in [0.2, 0.25) is 0 Å². The summed E-state index contributed by atoms with van der Waals surface area (Å²) in [7, 11) is 0. The van der Waals surface area contributed by atoms with Gasteiger partial charge >= 0.3 is 0 Å². The number of ether oxygens (including phenoxy) is 3. The lowest BCUT2D eigenvalue weighted by atomic mass is 10.0. The molecule has 191 valence electrons. The third-order valence-corrected chi connectivity index (χ3v) is 6.75. The highest BCUT2D eigenvalue weighted by Gasteiger charge is 2.25. The Kier molecular flexibility index (Phi) is 22.5. The van der Waals surface area contributed by atoms with E-state index >= 15 is 0 Å². The van der Waals surface area contributed by atoms with Crippen molar-refractivity contribution in [2.45, 2.75) is 141 Å². The maximum atomic E-state index is 5.87. The number of unbranched alkanes of at least 4 members (excludes halogenated alkanes) is 17. The van der Waals surface area contributed by atoms with Crippen LogP contribution in [0.5, 0.6) is 0 Å². The molecule has 3 heteroatoms. The van der Waals surface area contributed by atoms with Gasteiger partial charge in [-0.2, -0.15) is 0 Å². The van der Waals surface area contributed by atoms with Crippen molar-refractivity contribution in [3.63, 3.8) is 0 Å². The van der Waals surface area contributed by atoms with E-state index in [-0.39, 0.29) is 6.10 Å². The van der Waals surface area contributed by atoms with Crippen molar-refractivity contribution < 1.29 is 14.2 Å². The zero-order valence-corrected chi connectivity index (χ0v) is 21.8. The van der Waals surface area contributed by atoms with Crippen LogP contribution in [-0.4, -0.2) is 39.1 Å². The Bertz CT molecular complexity index is 360. The fourth-order valence-electron chi connectivity index (χ4n) is 4.61. The normalized spacial score (nSPS) is 18.6. The predicted molar refractivity (Wildman–Crippen MR) is 138 cm³/mol. The standard InChI is InChI=1S/C29H57O3/c1-3-5-7-8-9-10-11-12-13-14-15-16-17-18-19-21-23-31-27-29-24-28(26-32-29)25-30-22-20-6-4-2/h28-29H,2-27H2,1H3. The molecule has 0 aromatic rings. The molecule has 3 nitrogen and oxygen atoms in total. The van der Waals surface area contributed by atoms with E-state index in [0.29, 0.717) is 5.92 Å². The van der Waals surface area contributed by atoms with Gasteiger partial charge in [0.1, 0.15) is 0 Å². The van der Waals surface area contributed by atoms with E-state index in [2.05, 4.69) is 13.8 Å². The molecule has 32 heavy (non-hydrogen) atoms. The maximum absolute atomic E-state index is 5.87.